The minimum Gasteiger partial charge on any atom is -0.462 e. The van der Waals surface area contributed by atoms with Gasteiger partial charge in [0, 0.05) is 12.8 Å². The van der Waals surface area contributed by atoms with Crippen LogP contribution in [0.1, 0.15) is 245 Å². The Morgan fingerprint density at radius 2 is 0.500 bits per heavy atom. The summed E-state index contributed by atoms with van der Waals surface area (Å²) in [5.74, 6) is -0.642. The van der Waals surface area contributed by atoms with Crippen LogP contribution < -0.4 is 0 Å². The van der Waals surface area contributed by atoms with Gasteiger partial charge in [-0.05, 0) is 141 Å². The van der Waals surface area contributed by atoms with Crippen molar-refractivity contribution in [1.29, 1.82) is 0 Å². The smallest absolute Gasteiger partial charge is 0.306 e. The van der Waals surface area contributed by atoms with Crippen molar-refractivity contribution in [3.63, 3.8) is 0 Å². The Balaban J connectivity index is 3.61. The second kappa shape index (κ2) is 68.0. The molecule has 0 aliphatic heterocycles. The second-order valence-electron chi connectivity index (χ2n) is 20.4. The number of rotatable bonds is 56. The van der Waals surface area contributed by atoms with Crippen LogP contribution in [0.25, 0.3) is 0 Å². The van der Waals surface area contributed by atoms with Gasteiger partial charge in [-0.15, -0.1) is 0 Å². The molecule has 0 spiro atoms. The monoisotopic (exact) mass is 1100 g/mol. The lowest BCUT2D eigenvalue weighted by atomic mass is 10.0. The highest BCUT2D eigenvalue weighted by molar-refractivity contribution is 5.70. The van der Waals surface area contributed by atoms with Gasteiger partial charge < -0.3 is 14.6 Å². The number of aliphatic hydroxyl groups excluding tert-OH is 1. The SMILES string of the molecule is CC/C=C\C/C=C\C/C=C\C/C=C\C/C=C\C/C=C\C/C=C\C/C=C\C/C=C\CCCCCCCCCCCCCCCC(=O)OC(CO)COC(=O)CCCCC/C=C\C/C=C\C/C=C\C/C=C\C/C=C\C/C=C\C/C=C\CC. The largest absolute Gasteiger partial charge is 0.462 e. The minimum absolute atomic E-state index is 0.0954. The predicted octanol–water partition coefficient (Wildman–Crippen LogP) is 22.4. The highest BCUT2D eigenvalue weighted by Crippen LogP contribution is 2.15. The Labute approximate surface area is 492 Å². The number of hydrogen-bond acceptors (Lipinski definition) is 5. The van der Waals surface area contributed by atoms with Crippen molar-refractivity contribution in [3.8, 4) is 0 Å². The van der Waals surface area contributed by atoms with Gasteiger partial charge in [-0.2, -0.15) is 0 Å². The van der Waals surface area contributed by atoms with Gasteiger partial charge in [0.2, 0.25) is 0 Å². The van der Waals surface area contributed by atoms with Gasteiger partial charge in [0.05, 0.1) is 6.61 Å². The van der Waals surface area contributed by atoms with Crippen molar-refractivity contribution < 1.29 is 24.2 Å². The van der Waals surface area contributed by atoms with E-state index in [1.807, 2.05) is 0 Å². The molecule has 1 N–H and O–H groups in total. The summed E-state index contributed by atoms with van der Waals surface area (Å²) in [6.07, 6.45) is 108. The van der Waals surface area contributed by atoms with E-state index in [0.29, 0.717) is 12.8 Å². The summed E-state index contributed by atoms with van der Waals surface area (Å²) in [7, 11) is 0. The average Bonchev–Trinajstić information content (AvgIpc) is 3.46. The Kier molecular flexibility index (Phi) is 63.5. The predicted molar refractivity (Wildman–Crippen MR) is 352 cm³/mol. The lowest BCUT2D eigenvalue weighted by Crippen LogP contribution is -2.28. The summed E-state index contributed by atoms with van der Waals surface area (Å²) in [6.45, 7) is 3.87. The lowest BCUT2D eigenvalue weighted by molar-refractivity contribution is -0.161. The van der Waals surface area contributed by atoms with E-state index in [2.05, 4.69) is 208 Å². The maximum atomic E-state index is 12.3. The van der Waals surface area contributed by atoms with Crippen LogP contribution in [0.3, 0.4) is 0 Å². The summed E-state index contributed by atoms with van der Waals surface area (Å²) < 4.78 is 10.7. The van der Waals surface area contributed by atoms with E-state index < -0.39 is 6.10 Å². The molecule has 80 heavy (non-hydrogen) atoms. The van der Waals surface area contributed by atoms with Crippen LogP contribution in [-0.2, 0) is 19.1 Å². The first kappa shape index (κ1) is 74.7. The number of carbonyl (C=O) groups excluding carboxylic acids is 2. The summed E-state index contributed by atoms with van der Waals surface area (Å²) in [4.78, 5) is 24.6. The molecule has 0 radical (unpaired) electrons. The molecule has 0 heterocycles. The third-order valence-corrected chi connectivity index (χ3v) is 12.9. The Hall–Kier alpha value is -5.26. The van der Waals surface area contributed by atoms with Crippen molar-refractivity contribution in [3.05, 3.63) is 194 Å². The first-order valence-corrected chi connectivity index (χ1v) is 32.0. The fourth-order valence-corrected chi connectivity index (χ4v) is 8.17. The first-order valence-electron chi connectivity index (χ1n) is 32.0. The summed E-state index contributed by atoms with van der Waals surface area (Å²) in [6, 6.07) is 0. The topological polar surface area (TPSA) is 72.8 Å². The van der Waals surface area contributed by atoms with Gasteiger partial charge in [0.25, 0.3) is 0 Å². The number of esters is 2. The molecule has 0 aromatic carbocycles. The fourth-order valence-electron chi connectivity index (χ4n) is 8.17. The van der Waals surface area contributed by atoms with E-state index in [9.17, 15) is 14.7 Å². The van der Waals surface area contributed by atoms with Crippen LogP contribution in [0.5, 0.6) is 0 Å². The van der Waals surface area contributed by atoms with Gasteiger partial charge in [-0.1, -0.05) is 285 Å². The van der Waals surface area contributed by atoms with E-state index in [0.717, 1.165) is 148 Å². The van der Waals surface area contributed by atoms with Gasteiger partial charge in [-0.3, -0.25) is 9.59 Å². The van der Waals surface area contributed by atoms with E-state index in [1.165, 1.54) is 70.6 Å². The number of carbonyl (C=O) groups is 2. The molecule has 0 aliphatic rings. The molecule has 0 amide bonds. The maximum absolute atomic E-state index is 12.3. The zero-order valence-electron chi connectivity index (χ0n) is 51.0. The van der Waals surface area contributed by atoms with Crippen molar-refractivity contribution in [2.75, 3.05) is 13.2 Å². The van der Waals surface area contributed by atoms with Gasteiger partial charge in [0.1, 0.15) is 6.61 Å². The summed E-state index contributed by atoms with van der Waals surface area (Å²) in [5.41, 5.74) is 0. The van der Waals surface area contributed by atoms with Crippen LogP contribution in [0.2, 0.25) is 0 Å². The zero-order valence-corrected chi connectivity index (χ0v) is 51.0. The molecule has 0 aromatic heterocycles. The molecule has 0 saturated carbocycles. The van der Waals surface area contributed by atoms with Gasteiger partial charge in [-0.25, -0.2) is 0 Å². The quantitative estimate of drug-likeness (QED) is 0.0373. The third kappa shape index (κ3) is 65.3. The molecule has 0 aromatic rings. The average molecular weight is 1100 g/mol. The van der Waals surface area contributed by atoms with E-state index in [1.54, 1.807) is 0 Å². The van der Waals surface area contributed by atoms with E-state index >= 15 is 0 Å². The minimum atomic E-state index is -0.802. The molecule has 5 heteroatoms. The fraction of sp³-hybridized carbons (Fsp3) is 0.547. The highest BCUT2D eigenvalue weighted by Gasteiger charge is 2.16. The Morgan fingerprint density at radius 1 is 0.287 bits per heavy atom. The van der Waals surface area contributed by atoms with Gasteiger partial charge >= 0.3 is 11.9 Å². The van der Waals surface area contributed by atoms with Crippen molar-refractivity contribution in [2.24, 2.45) is 0 Å². The molecule has 5 nitrogen and oxygen atoms in total. The second-order valence-corrected chi connectivity index (χ2v) is 20.4. The number of ether oxygens (including phenoxy) is 2. The standard InChI is InChI=1S/C75H116O5/c1-3-5-7-9-11-13-15-17-19-21-23-25-27-29-30-31-32-33-34-35-36-37-38-39-40-41-42-43-44-46-48-50-52-54-56-58-60-62-64-66-68-70-75(78)80-73(71-76)72-79-74(77)69-67-65-63-61-59-57-55-53-51-49-47-45-28-26-24-22-20-18-16-14-12-10-8-6-4-2/h5-8,11-14,17-20,23-26,29-30,32-33,35-36,38-39,41-42,45,47,51,53,57,59,73,76H,3-4,9-10,15-16,21-22,27-28,31,34,37,40,43-44,46,48-50,52,54-56,58,60-72H2,1-2H3/b7-5-,8-6-,13-11-,14-12-,19-17-,20-18-,25-23-,26-24-,30-29-,33-32-,36-35-,39-38-,42-41-,47-45-,53-51-,59-57-. The molecule has 446 valence electrons. The first-order chi connectivity index (χ1) is 39.6. The number of allylic oxidation sites excluding steroid dienone is 32. The number of hydrogen-bond donors (Lipinski definition) is 1. The molecule has 0 saturated heterocycles. The molecule has 0 rings (SSSR count). The van der Waals surface area contributed by atoms with Crippen LogP contribution in [0, 0.1) is 0 Å². The lowest BCUT2D eigenvalue weighted by Gasteiger charge is -2.15. The van der Waals surface area contributed by atoms with Crippen LogP contribution in [0.15, 0.2) is 194 Å². The molecular formula is C75H116O5. The number of unbranched alkanes of at least 4 members (excludes halogenated alkanes) is 16. The Morgan fingerprint density at radius 3 is 0.762 bits per heavy atom. The zero-order chi connectivity index (χ0) is 57.6. The van der Waals surface area contributed by atoms with Crippen LogP contribution in [0.4, 0.5) is 0 Å². The maximum Gasteiger partial charge on any atom is 0.306 e. The normalized spacial score (nSPS) is 13.6. The molecule has 0 fully saturated rings. The van der Waals surface area contributed by atoms with Crippen LogP contribution >= 0.6 is 0 Å². The summed E-state index contributed by atoms with van der Waals surface area (Å²) in [5, 5.41) is 9.68. The van der Waals surface area contributed by atoms with Crippen molar-refractivity contribution in [1.82, 2.24) is 0 Å². The molecule has 0 bridgehead atoms. The van der Waals surface area contributed by atoms with E-state index in [-0.39, 0.29) is 25.2 Å². The highest BCUT2D eigenvalue weighted by atomic mass is 16.6. The molecule has 1 atom stereocenters. The van der Waals surface area contributed by atoms with Crippen molar-refractivity contribution in [2.45, 2.75) is 251 Å². The molecular weight excluding hydrogens is 981 g/mol. The van der Waals surface area contributed by atoms with Crippen LogP contribution in [-0.4, -0.2) is 36.4 Å². The Bertz CT molecular complexity index is 1870. The van der Waals surface area contributed by atoms with Crippen molar-refractivity contribution >= 4 is 11.9 Å². The van der Waals surface area contributed by atoms with E-state index in [4.69, 9.17) is 9.47 Å². The number of aliphatic hydroxyl groups is 1. The molecule has 1 unspecified atom stereocenters. The third-order valence-electron chi connectivity index (χ3n) is 12.9. The molecule has 0 aliphatic carbocycles. The summed E-state index contributed by atoms with van der Waals surface area (Å²) >= 11 is 0. The van der Waals surface area contributed by atoms with Gasteiger partial charge in [0.15, 0.2) is 6.10 Å².